The number of carbonyl (C=O) groups is 2. The Kier molecular flexibility index (Phi) is 7.79. The number of pyridine rings is 1. The normalized spacial score (nSPS) is 10.5. The average Bonchev–Trinajstić information content (AvgIpc) is 2.68. The highest BCUT2D eigenvalue weighted by Crippen LogP contribution is 2.12. The van der Waals surface area contributed by atoms with Gasteiger partial charge in [-0.15, -0.1) is 0 Å². The van der Waals surface area contributed by atoms with E-state index < -0.39 is 5.91 Å². The molecule has 0 bridgehead atoms. The highest BCUT2D eigenvalue weighted by Gasteiger charge is 2.07. The summed E-state index contributed by atoms with van der Waals surface area (Å²) in [6, 6.07) is 10.4. The van der Waals surface area contributed by atoms with Gasteiger partial charge in [-0.2, -0.15) is 5.10 Å². The number of aromatic nitrogens is 1. The molecular formula is C19H22N4O3. The van der Waals surface area contributed by atoms with Crippen molar-refractivity contribution in [1.82, 2.24) is 15.7 Å². The quantitative estimate of drug-likeness (QED) is 0.410. The van der Waals surface area contributed by atoms with Gasteiger partial charge in [-0.05, 0) is 36.8 Å². The van der Waals surface area contributed by atoms with Gasteiger partial charge in [-0.1, -0.05) is 19.4 Å². The van der Waals surface area contributed by atoms with E-state index in [9.17, 15) is 9.59 Å². The molecule has 26 heavy (non-hydrogen) atoms. The molecule has 1 aromatic heterocycles. The van der Waals surface area contributed by atoms with Crippen LogP contribution in [-0.4, -0.2) is 36.2 Å². The van der Waals surface area contributed by atoms with Gasteiger partial charge in [-0.25, -0.2) is 5.43 Å². The third-order valence-electron chi connectivity index (χ3n) is 3.38. The number of hydrogen-bond donors (Lipinski definition) is 2. The molecule has 0 aliphatic heterocycles. The molecule has 0 fully saturated rings. The minimum atomic E-state index is -0.419. The Morgan fingerprint density at radius 3 is 2.73 bits per heavy atom. The predicted octanol–water partition coefficient (Wildman–Crippen LogP) is 2.14. The first kappa shape index (κ1) is 19.1. The van der Waals surface area contributed by atoms with Crippen molar-refractivity contribution in [2.24, 2.45) is 5.10 Å². The van der Waals surface area contributed by atoms with E-state index in [0.717, 1.165) is 24.2 Å². The zero-order chi connectivity index (χ0) is 18.6. The molecule has 0 aliphatic carbocycles. The van der Waals surface area contributed by atoms with Crippen LogP contribution in [0.1, 0.15) is 35.7 Å². The molecule has 136 valence electrons. The number of benzene rings is 1. The molecule has 7 heteroatoms. The van der Waals surface area contributed by atoms with Crippen LogP contribution in [0.2, 0.25) is 0 Å². The lowest BCUT2D eigenvalue weighted by atomic mass is 10.2. The van der Waals surface area contributed by atoms with E-state index in [4.69, 9.17) is 4.74 Å². The Balaban J connectivity index is 1.73. The van der Waals surface area contributed by atoms with E-state index in [-0.39, 0.29) is 12.5 Å². The molecule has 0 atom stereocenters. The average molecular weight is 354 g/mol. The van der Waals surface area contributed by atoms with E-state index in [2.05, 4.69) is 27.8 Å². The summed E-state index contributed by atoms with van der Waals surface area (Å²) in [5.74, 6) is -0.0352. The Labute approximate surface area is 152 Å². The minimum absolute atomic E-state index is 0.169. The van der Waals surface area contributed by atoms with Gasteiger partial charge in [0.25, 0.3) is 11.8 Å². The molecule has 0 spiro atoms. The molecule has 1 aromatic carbocycles. The first-order valence-corrected chi connectivity index (χ1v) is 8.42. The van der Waals surface area contributed by atoms with Gasteiger partial charge < -0.3 is 10.1 Å². The number of rotatable bonds is 9. The van der Waals surface area contributed by atoms with Crippen molar-refractivity contribution in [3.63, 3.8) is 0 Å². The lowest BCUT2D eigenvalue weighted by molar-refractivity contribution is -0.120. The number of unbranched alkanes of at least 4 members (excludes halogenated alkanes) is 1. The van der Waals surface area contributed by atoms with Crippen molar-refractivity contribution in [2.45, 2.75) is 19.8 Å². The van der Waals surface area contributed by atoms with Crippen LogP contribution in [0.15, 0.2) is 53.9 Å². The van der Waals surface area contributed by atoms with E-state index in [0.29, 0.717) is 12.2 Å². The molecule has 1 heterocycles. The molecule has 7 nitrogen and oxygen atoms in total. The number of carbonyl (C=O) groups excluding carboxylic acids is 2. The van der Waals surface area contributed by atoms with Crippen molar-refractivity contribution in [3.05, 3.63) is 59.9 Å². The summed E-state index contributed by atoms with van der Waals surface area (Å²) >= 11 is 0. The maximum atomic E-state index is 12.0. The van der Waals surface area contributed by atoms with E-state index in [1.165, 1.54) is 6.21 Å². The van der Waals surface area contributed by atoms with E-state index >= 15 is 0 Å². The van der Waals surface area contributed by atoms with Crippen molar-refractivity contribution in [1.29, 1.82) is 0 Å². The lowest BCUT2D eigenvalue weighted by Crippen LogP contribution is -2.34. The topological polar surface area (TPSA) is 92.7 Å². The van der Waals surface area contributed by atoms with Crippen LogP contribution >= 0.6 is 0 Å². The number of nitrogens with one attached hydrogen (secondary N) is 2. The summed E-state index contributed by atoms with van der Waals surface area (Å²) in [5, 5.41) is 6.35. The van der Waals surface area contributed by atoms with Gasteiger partial charge in [-0.3, -0.25) is 14.6 Å². The summed E-state index contributed by atoms with van der Waals surface area (Å²) in [6.45, 7) is 2.58. The van der Waals surface area contributed by atoms with Gasteiger partial charge in [0, 0.05) is 23.5 Å². The highest BCUT2D eigenvalue weighted by atomic mass is 16.5. The summed E-state index contributed by atoms with van der Waals surface area (Å²) in [5.41, 5.74) is 3.56. The molecule has 2 N–H and O–H groups in total. The number of amides is 2. The van der Waals surface area contributed by atoms with Crippen LogP contribution in [0, 0.1) is 0 Å². The number of ether oxygens (including phenoxy) is 1. The zero-order valence-corrected chi connectivity index (χ0v) is 14.6. The van der Waals surface area contributed by atoms with Gasteiger partial charge in [0.2, 0.25) is 0 Å². The number of hydrazone groups is 1. The van der Waals surface area contributed by atoms with E-state index in [1.54, 1.807) is 48.8 Å². The smallest absolute Gasteiger partial charge is 0.259 e. The van der Waals surface area contributed by atoms with Crippen LogP contribution in [0.3, 0.4) is 0 Å². The number of nitrogens with zero attached hydrogens (tertiary/aromatic N) is 2. The Hall–Kier alpha value is -3.22. The van der Waals surface area contributed by atoms with Crippen LogP contribution in [0.25, 0.3) is 0 Å². The molecule has 0 saturated carbocycles. The maximum absolute atomic E-state index is 12.0. The molecule has 0 aliphatic rings. The molecule has 2 amide bonds. The fourth-order valence-corrected chi connectivity index (χ4v) is 1.97. The zero-order valence-electron chi connectivity index (χ0n) is 14.6. The van der Waals surface area contributed by atoms with Crippen molar-refractivity contribution < 1.29 is 14.3 Å². The molecule has 2 rings (SSSR count). The fraction of sp³-hybridized carbons (Fsp3) is 0.263. The second-order valence-corrected chi connectivity index (χ2v) is 5.49. The standard InChI is InChI=1S/C19H22N4O3/c1-2-3-11-26-17-8-6-16(7-9-17)19(25)21-14-18(24)23-22-13-15-5-4-10-20-12-15/h4-10,12-13H,2-3,11,14H2,1H3,(H,21,25)(H,23,24)/b22-13-. The van der Waals surface area contributed by atoms with Gasteiger partial charge in [0.05, 0.1) is 19.4 Å². The summed E-state index contributed by atoms with van der Waals surface area (Å²) in [6.07, 6.45) is 6.79. The third-order valence-corrected chi connectivity index (χ3v) is 3.38. The van der Waals surface area contributed by atoms with Crippen LogP contribution < -0.4 is 15.5 Å². The monoisotopic (exact) mass is 354 g/mol. The minimum Gasteiger partial charge on any atom is -0.494 e. The Bertz CT molecular complexity index is 730. The molecule has 0 saturated heterocycles. The SMILES string of the molecule is CCCCOc1ccc(C(=O)NCC(=O)N/N=C\c2cccnc2)cc1. The van der Waals surface area contributed by atoms with Gasteiger partial charge >= 0.3 is 0 Å². The first-order chi connectivity index (χ1) is 12.7. The second kappa shape index (κ2) is 10.6. The highest BCUT2D eigenvalue weighted by molar-refractivity contribution is 5.96. The van der Waals surface area contributed by atoms with Gasteiger partial charge in [0.15, 0.2) is 0 Å². The molecular weight excluding hydrogens is 332 g/mol. The summed E-state index contributed by atoms with van der Waals surface area (Å²) in [4.78, 5) is 27.7. The summed E-state index contributed by atoms with van der Waals surface area (Å²) in [7, 11) is 0. The van der Waals surface area contributed by atoms with Crippen molar-refractivity contribution >= 4 is 18.0 Å². The third kappa shape index (κ3) is 6.72. The van der Waals surface area contributed by atoms with E-state index in [1.807, 2.05) is 0 Å². The Morgan fingerprint density at radius 1 is 1.23 bits per heavy atom. The first-order valence-electron chi connectivity index (χ1n) is 8.42. The molecule has 0 radical (unpaired) electrons. The largest absolute Gasteiger partial charge is 0.494 e. The van der Waals surface area contributed by atoms with Crippen LogP contribution in [-0.2, 0) is 4.79 Å². The van der Waals surface area contributed by atoms with Crippen molar-refractivity contribution in [3.8, 4) is 5.75 Å². The van der Waals surface area contributed by atoms with Crippen LogP contribution in [0.4, 0.5) is 0 Å². The molecule has 2 aromatic rings. The lowest BCUT2D eigenvalue weighted by Gasteiger charge is -2.07. The van der Waals surface area contributed by atoms with Crippen molar-refractivity contribution in [2.75, 3.05) is 13.2 Å². The van der Waals surface area contributed by atoms with Gasteiger partial charge in [0.1, 0.15) is 5.75 Å². The predicted molar refractivity (Wildman–Crippen MR) is 99.2 cm³/mol. The van der Waals surface area contributed by atoms with Crippen LogP contribution in [0.5, 0.6) is 5.75 Å². The molecule has 0 unspecified atom stereocenters. The second-order valence-electron chi connectivity index (χ2n) is 5.49. The maximum Gasteiger partial charge on any atom is 0.259 e. The number of hydrogen-bond acceptors (Lipinski definition) is 5. The summed E-state index contributed by atoms with van der Waals surface area (Å²) < 4.78 is 5.54. The fourth-order valence-electron chi connectivity index (χ4n) is 1.97. The Morgan fingerprint density at radius 2 is 2.04 bits per heavy atom.